The molecule has 2 aromatic rings. The van der Waals surface area contributed by atoms with Gasteiger partial charge in [0.25, 0.3) is 0 Å². The maximum absolute atomic E-state index is 13.7. The summed E-state index contributed by atoms with van der Waals surface area (Å²) in [5, 5.41) is 0.818. The fourth-order valence-electron chi connectivity index (χ4n) is 1.99. The van der Waals surface area contributed by atoms with Crippen LogP contribution < -0.4 is 10.5 Å². The van der Waals surface area contributed by atoms with Crippen molar-refractivity contribution < 1.29 is 13.5 Å². The van der Waals surface area contributed by atoms with Gasteiger partial charge < -0.3 is 10.5 Å². The van der Waals surface area contributed by atoms with Crippen molar-refractivity contribution in [2.24, 2.45) is 15.7 Å². The van der Waals surface area contributed by atoms with E-state index in [2.05, 4.69) is 26.8 Å². The summed E-state index contributed by atoms with van der Waals surface area (Å²) in [6.45, 7) is 5.34. The Morgan fingerprint density at radius 1 is 1.29 bits per heavy atom. The predicted molar refractivity (Wildman–Crippen MR) is 110 cm³/mol. The van der Waals surface area contributed by atoms with Crippen molar-refractivity contribution in [1.29, 1.82) is 0 Å². The Bertz CT molecular complexity index is 987. The Morgan fingerprint density at radius 2 is 2.00 bits per heavy atom. The van der Waals surface area contributed by atoms with Crippen LogP contribution in [0, 0.1) is 23.5 Å². The quantitative estimate of drug-likeness (QED) is 0.427. The number of nitrogens with zero attached hydrogens (tertiary/aromatic N) is 3. The first-order valence-electron chi connectivity index (χ1n) is 8.17. The number of rotatable bonds is 5. The van der Waals surface area contributed by atoms with E-state index in [9.17, 15) is 8.78 Å². The van der Waals surface area contributed by atoms with Crippen molar-refractivity contribution in [1.82, 2.24) is 4.98 Å². The first-order valence-corrected chi connectivity index (χ1v) is 8.99. The van der Waals surface area contributed by atoms with Gasteiger partial charge in [-0.3, -0.25) is 0 Å². The molecule has 1 aromatic carbocycles. The second-order valence-corrected chi connectivity index (χ2v) is 6.29. The van der Waals surface area contributed by atoms with Crippen molar-refractivity contribution in [2.75, 3.05) is 0 Å². The molecule has 0 fully saturated rings. The smallest absolute Gasteiger partial charge is 0.198 e. The van der Waals surface area contributed by atoms with Crippen molar-refractivity contribution in [3.8, 4) is 23.3 Å². The van der Waals surface area contributed by atoms with Crippen LogP contribution in [0.15, 0.2) is 57.6 Å². The molecule has 0 unspecified atom stereocenters. The number of pyridine rings is 1. The minimum atomic E-state index is -0.807. The van der Waals surface area contributed by atoms with E-state index in [0.29, 0.717) is 10.7 Å². The minimum absolute atomic E-state index is 0.175. The van der Waals surface area contributed by atoms with Gasteiger partial charge in [-0.25, -0.2) is 23.7 Å². The Balaban J connectivity index is 2.18. The highest BCUT2D eigenvalue weighted by molar-refractivity contribution is 8.17. The highest BCUT2D eigenvalue weighted by Crippen LogP contribution is 2.29. The molecule has 0 saturated heterocycles. The molecule has 1 heterocycles. The Kier molecular flexibility index (Phi) is 7.72. The lowest BCUT2D eigenvalue weighted by Gasteiger charge is -2.08. The summed E-state index contributed by atoms with van der Waals surface area (Å²) in [5.74, 6) is 3.91. The lowest BCUT2D eigenvalue weighted by atomic mass is 10.3. The van der Waals surface area contributed by atoms with Crippen LogP contribution in [0.3, 0.4) is 0 Å². The second kappa shape index (κ2) is 10.2. The molecule has 2 N–H and O–H groups in total. The van der Waals surface area contributed by atoms with Crippen LogP contribution in [0.1, 0.15) is 20.8 Å². The summed E-state index contributed by atoms with van der Waals surface area (Å²) >= 11 is 1.14. The molecule has 0 spiro atoms. The zero-order valence-electron chi connectivity index (χ0n) is 15.5. The Labute approximate surface area is 166 Å². The van der Waals surface area contributed by atoms with E-state index in [1.807, 2.05) is 6.92 Å². The molecular weight excluding hydrogens is 382 g/mol. The monoisotopic (exact) mass is 400 g/mol. The second-order valence-electron chi connectivity index (χ2n) is 5.25. The van der Waals surface area contributed by atoms with Crippen LogP contribution in [0.25, 0.3) is 0 Å². The Morgan fingerprint density at radius 3 is 2.64 bits per heavy atom. The van der Waals surface area contributed by atoms with E-state index >= 15 is 0 Å². The number of para-hydroxylation sites is 1. The maximum atomic E-state index is 13.7. The maximum Gasteiger partial charge on any atom is 0.198 e. The molecule has 0 radical (unpaired) electrons. The van der Waals surface area contributed by atoms with E-state index < -0.39 is 17.4 Å². The molecule has 1 aromatic heterocycles. The van der Waals surface area contributed by atoms with E-state index in [1.165, 1.54) is 24.4 Å². The highest BCUT2D eigenvalue weighted by Gasteiger charge is 2.11. The number of nitrogens with two attached hydrogens (primary N) is 1. The summed E-state index contributed by atoms with van der Waals surface area (Å²) < 4.78 is 32.7. The molecule has 0 amide bonds. The topological polar surface area (TPSA) is 72.9 Å². The van der Waals surface area contributed by atoms with Gasteiger partial charge in [0, 0.05) is 12.3 Å². The molecule has 0 atom stereocenters. The molecule has 28 heavy (non-hydrogen) atoms. The third-order valence-electron chi connectivity index (χ3n) is 3.12. The zero-order chi connectivity index (χ0) is 20.5. The highest BCUT2D eigenvalue weighted by atomic mass is 32.2. The zero-order valence-corrected chi connectivity index (χ0v) is 16.3. The van der Waals surface area contributed by atoms with Crippen molar-refractivity contribution in [3.63, 3.8) is 0 Å². The van der Waals surface area contributed by atoms with Crippen molar-refractivity contribution in [2.45, 2.75) is 20.8 Å². The number of thioether (sulfide) groups is 1. The summed E-state index contributed by atoms with van der Waals surface area (Å²) in [7, 11) is 0. The van der Waals surface area contributed by atoms with Crippen LogP contribution in [0.5, 0.6) is 11.5 Å². The molecule has 2 rings (SSSR count). The lowest BCUT2D eigenvalue weighted by molar-refractivity contribution is 0.407. The van der Waals surface area contributed by atoms with Crippen molar-refractivity contribution >= 4 is 28.5 Å². The Hall–Kier alpha value is -3.18. The molecule has 144 valence electrons. The van der Waals surface area contributed by atoms with Crippen LogP contribution in [0.2, 0.25) is 0 Å². The molecule has 5 nitrogen and oxygen atoms in total. The number of aliphatic imine (C=N–C) groups is 2. The lowest BCUT2D eigenvalue weighted by Crippen LogP contribution is -2.06. The van der Waals surface area contributed by atoms with Gasteiger partial charge in [-0.2, -0.15) is 0 Å². The largest absolute Gasteiger partial charge is 0.451 e. The first kappa shape index (κ1) is 21.1. The first-order chi connectivity index (χ1) is 13.4. The van der Waals surface area contributed by atoms with E-state index in [1.54, 1.807) is 19.9 Å². The van der Waals surface area contributed by atoms with E-state index in [4.69, 9.17) is 10.5 Å². The van der Waals surface area contributed by atoms with Gasteiger partial charge in [-0.05, 0) is 50.7 Å². The number of benzene rings is 1. The summed E-state index contributed by atoms with van der Waals surface area (Å²) in [6.07, 6.45) is 3.18. The van der Waals surface area contributed by atoms with Gasteiger partial charge in [0.05, 0.1) is 5.71 Å². The summed E-state index contributed by atoms with van der Waals surface area (Å²) in [6, 6.07) is 6.36. The van der Waals surface area contributed by atoms with Gasteiger partial charge in [0.2, 0.25) is 0 Å². The van der Waals surface area contributed by atoms with Crippen molar-refractivity contribution in [3.05, 3.63) is 59.3 Å². The van der Waals surface area contributed by atoms with Crippen LogP contribution in [0.4, 0.5) is 14.6 Å². The van der Waals surface area contributed by atoms with Gasteiger partial charge in [-0.15, -0.1) is 5.92 Å². The van der Waals surface area contributed by atoms with Gasteiger partial charge in [-0.1, -0.05) is 18.1 Å². The molecule has 0 saturated carbocycles. The normalized spacial score (nSPS) is 12.4. The van der Waals surface area contributed by atoms with Crippen LogP contribution in [-0.4, -0.2) is 15.9 Å². The average Bonchev–Trinajstić information content (AvgIpc) is 2.64. The van der Waals surface area contributed by atoms with Gasteiger partial charge in [0.15, 0.2) is 28.4 Å². The molecule has 8 heteroatoms. The summed E-state index contributed by atoms with van der Waals surface area (Å²) in [5.41, 5.74) is 6.60. The molecule has 0 aliphatic rings. The fraction of sp³-hybridized carbons (Fsp3) is 0.150. The van der Waals surface area contributed by atoms with E-state index in [0.717, 1.165) is 23.9 Å². The summed E-state index contributed by atoms with van der Waals surface area (Å²) in [4.78, 5) is 12.6. The minimum Gasteiger partial charge on any atom is -0.451 e. The number of hydrogen-bond acceptors (Lipinski definition) is 5. The number of hydrogen-bond donors (Lipinski definition) is 1. The number of aromatic nitrogens is 1. The third-order valence-corrected chi connectivity index (χ3v) is 3.96. The molecule has 0 aliphatic heterocycles. The standard InChI is InChI=1S/C20H18F2N4OS/c1-4-7-13(3)25-18(5-2)28-20(23)26-17-12-14(10-11-24-17)27-19-15(21)8-6-9-16(19)22/h5-6,8-12H,1-3H3,(H2,23,24,26)/b18-5+,25-13-. The predicted octanol–water partition coefficient (Wildman–Crippen LogP) is 5.18. The number of halogens is 2. The van der Waals surface area contributed by atoms with E-state index in [-0.39, 0.29) is 16.7 Å². The fourth-order valence-corrected chi connectivity index (χ4v) is 2.64. The van der Waals surface area contributed by atoms with Crippen LogP contribution >= 0.6 is 11.8 Å². The molecule has 0 aliphatic carbocycles. The number of ether oxygens (including phenoxy) is 1. The average molecular weight is 400 g/mol. The molecular formula is C20H18F2N4OS. The van der Waals surface area contributed by atoms with Gasteiger partial charge >= 0.3 is 0 Å². The third kappa shape index (κ3) is 6.21. The SMILES string of the molecule is CC#C/C(C)=N\C(=C/C)SC(N)=Nc1cc(Oc2c(F)cccc2F)ccn1. The molecule has 0 bridgehead atoms. The van der Waals surface area contributed by atoms with Crippen LogP contribution in [-0.2, 0) is 0 Å². The van der Waals surface area contributed by atoms with Gasteiger partial charge in [0.1, 0.15) is 10.8 Å². The number of amidine groups is 1. The number of allylic oxidation sites excluding steroid dienone is 1.